The minimum absolute atomic E-state index is 0.347. The van der Waals surface area contributed by atoms with E-state index in [-0.39, 0.29) is 6.04 Å². The summed E-state index contributed by atoms with van der Waals surface area (Å²) in [4.78, 5) is 0. The van der Waals surface area contributed by atoms with Gasteiger partial charge in [0, 0.05) is 10.6 Å². The van der Waals surface area contributed by atoms with Gasteiger partial charge in [0.15, 0.2) is 0 Å². The highest BCUT2D eigenvalue weighted by Crippen LogP contribution is 2.37. The summed E-state index contributed by atoms with van der Waals surface area (Å²) in [6.45, 7) is 1.96. The van der Waals surface area contributed by atoms with Crippen molar-refractivity contribution in [1.29, 1.82) is 0 Å². The van der Waals surface area contributed by atoms with Crippen molar-refractivity contribution in [3.05, 3.63) is 56.5 Å². The quantitative estimate of drug-likeness (QED) is 0.863. The number of nitrogens with two attached hydrogens (primary N) is 1. The Labute approximate surface area is 138 Å². The number of benzene rings is 2. The van der Waals surface area contributed by atoms with E-state index in [0.717, 1.165) is 21.2 Å². The van der Waals surface area contributed by atoms with Crippen LogP contribution in [0.15, 0.2) is 34.8 Å². The molecule has 2 rings (SSSR count). The Morgan fingerprint density at radius 2 is 1.76 bits per heavy atom. The third-order valence-corrected chi connectivity index (χ3v) is 4.42. The van der Waals surface area contributed by atoms with E-state index in [2.05, 4.69) is 15.9 Å². The molecule has 0 saturated carbocycles. The number of methoxy groups -OCH3 is 2. The normalized spacial score (nSPS) is 12.1. The van der Waals surface area contributed by atoms with E-state index in [4.69, 9.17) is 26.8 Å². The summed E-state index contributed by atoms with van der Waals surface area (Å²) < 4.78 is 11.6. The molecule has 112 valence electrons. The van der Waals surface area contributed by atoms with E-state index in [9.17, 15) is 0 Å². The maximum Gasteiger partial charge on any atom is 0.133 e. The molecular weight excluding hydrogens is 354 g/mol. The Morgan fingerprint density at radius 3 is 2.33 bits per heavy atom. The maximum absolute atomic E-state index is 6.38. The molecule has 0 fully saturated rings. The molecule has 2 aromatic rings. The Morgan fingerprint density at radius 1 is 1.10 bits per heavy atom. The first-order chi connectivity index (χ1) is 9.97. The number of aryl methyl sites for hydroxylation is 1. The first-order valence-corrected chi connectivity index (χ1v) is 7.58. The summed E-state index contributed by atoms with van der Waals surface area (Å²) >= 11 is 9.63. The number of halogens is 2. The molecule has 0 bridgehead atoms. The Kier molecular flexibility index (Phi) is 5.14. The van der Waals surface area contributed by atoms with E-state index in [1.807, 2.05) is 37.3 Å². The average molecular weight is 371 g/mol. The van der Waals surface area contributed by atoms with E-state index in [1.54, 1.807) is 14.2 Å². The molecule has 1 atom stereocenters. The van der Waals surface area contributed by atoms with Gasteiger partial charge in [-0.2, -0.15) is 0 Å². The van der Waals surface area contributed by atoms with Crippen molar-refractivity contribution < 1.29 is 9.47 Å². The van der Waals surface area contributed by atoms with Crippen molar-refractivity contribution in [3.8, 4) is 11.5 Å². The largest absolute Gasteiger partial charge is 0.496 e. The van der Waals surface area contributed by atoms with Crippen molar-refractivity contribution in [1.82, 2.24) is 0 Å². The summed E-state index contributed by atoms with van der Waals surface area (Å²) in [7, 11) is 3.23. The van der Waals surface area contributed by atoms with Crippen molar-refractivity contribution in [3.63, 3.8) is 0 Å². The van der Waals surface area contributed by atoms with Crippen LogP contribution in [0.1, 0.15) is 22.7 Å². The van der Waals surface area contributed by atoms with Crippen LogP contribution in [-0.4, -0.2) is 14.2 Å². The third-order valence-electron chi connectivity index (χ3n) is 3.39. The van der Waals surface area contributed by atoms with Gasteiger partial charge in [0.05, 0.1) is 24.7 Å². The SMILES string of the molecule is COc1cc(C(N)c2ccc(C)c(Cl)c2)c(OC)cc1Br. The summed E-state index contributed by atoms with van der Waals surface area (Å²) in [5.74, 6) is 1.41. The molecule has 0 aromatic heterocycles. The fourth-order valence-electron chi connectivity index (χ4n) is 2.11. The van der Waals surface area contributed by atoms with E-state index in [0.29, 0.717) is 16.5 Å². The number of hydrogen-bond acceptors (Lipinski definition) is 3. The third kappa shape index (κ3) is 3.34. The molecule has 0 spiro atoms. The van der Waals surface area contributed by atoms with Gasteiger partial charge >= 0.3 is 0 Å². The van der Waals surface area contributed by atoms with Gasteiger partial charge in [0.25, 0.3) is 0 Å². The smallest absolute Gasteiger partial charge is 0.133 e. The van der Waals surface area contributed by atoms with Gasteiger partial charge in [-0.15, -0.1) is 0 Å². The van der Waals surface area contributed by atoms with Crippen LogP contribution in [0.2, 0.25) is 5.02 Å². The molecule has 0 aliphatic heterocycles. The van der Waals surface area contributed by atoms with Crippen molar-refractivity contribution in [2.75, 3.05) is 14.2 Å². The van der Waals surface area contributed by atoms with Crippen molar-refractivity contribution in [2.45, 2.75) is 13.0 Å². The number of rotatable bonds is 4. The van der Waals surface area contributed by atoms with Crippen LogP contribution < -0.4 is 15.2 Å². The lowest BCUT2D eigenvalue weighted by Gasteiger charge is -2.18. The van der Waals surface area contributed by atoms with Gasteiger partial charge in [-0.05, 0) is 52.2 Å². The zero-order chi connectivity index (χ0) is 15.6. The Balaban J connectivity index is 2.50. The molecule has 3 nitrogen and oxygen atoms in total. The van der Waals surface area contributed by atoms with Gasteiger partial charge in [-0.25, -0.2) is 0 Å². The number of ether oxygens (including phenoxy) is 2. The average Bonchev–Trinajstić information content (AvgIpc) is 2.49. The number of hydrogen-bond donors (Lipinski definition) is 1. The van der Waals surface area contributed by atoms with Crippen LogP contribution in [0.25, 0.3) is 0 Å². The minimum atomic E-state index is -0.347. The highest BCUT2D eigenvalue weighted by molar-refractivity contribution is 9.10. The van der Waals surface area contributed by atoms with Gasteiger partial charge in [-0.1, -0.05) is 23.7 Å². The lowest BCUT2D eigenvalue weighted by molar-refractivity contribution is 0.395. The van der Waals surface area contributed by atoms with Crippen LogP contribution in [0.4, 0.5) is 0 Å². The highest BCUT2D eigenvalue weighted by Gasteiger charge is 2.18. The van der Waals surface area contributed by atoms with E-state index >= 15 is 0 Å². The van der Waals surface area contributed by atoms with Crippen LogP contribution in [0.3, 0.4) is 0 Å². The van der Waals surface area contributed by atoms with Gasteiger partial charge in [0.1, 0.15) is 11.5 Å². The van der Waals surface area contributed by atoms with Crippen molar-refractivity contribution in [2.24, 2.45) is 5.73 Å². The molecule has 5 heteroatoms. The van der Waals surface area contributed by atoms with Crippen LogP contribution in [0, 0.1) is 6.92 Å². The highest BCUT2D eigenvalue weighted by atomic mass is 79.9. The molecule has 0 amide bonds. The predicted octanol–water partition coefficient (Wildman–Crippen LogP) is 4.48. The van der Waals surface area contributed by atoms with Crippen LogP contribution in [-0.2, 0) is 0 Å². The molecule has 0 saturated heterocycles. The Hall–Kier alpha value is -1.23. The summed E-state index contributed by atoms with van der Waals surface area (Å²) in [5.41, 5.74) is 9.17. The molecule has 1 unspecified atom stereocenters. The first kappa shape index (κ1) is 16.1. The monoisotopic (exact) mass is 369 g/mol. The molecule has 2 aromatic carbocycles. The summed E-state index contributed by atoms with van der Waals surface area (Å²) in [6.07, 6.45) is 0. The summed E-state index contributed by atoms with van der Waals surface area (Å²) in [5, 5.41) is 0.700. The van der Waals surface area contributed by atoms with Gasteiger partial charge in [-0.3, -0.25) is 0 Å². The van der Waals surface area contributed by atoms with E-state index in [1.165, 1.54) is 0 Å². The topological polar surface area (TPSA) is 44.5 Å². The van der Waals surface area contributed by atoms with Gasteiger partial charge in [0.2, 0.25) is 0 Å². The fourth-order valence-corrected chi connectivity index (χ4v) is 2.78. The second-order valence-corrected chi connectivity index (χ2v) is 5.98. The molecule has 0 aliphatic carbocycles. The van der Waals surface area contributed by atoms with Crippen LogP contribution >= 0.6 is 27.5 Å². The molecule has 21 heavy (non-hydrogen) atoms. The standard InChI is InChI=1S/C16H17BrClNO2/c1-9-4-5-10(6-13(9)18)16(19)11-7-15(21-3)12(17)8-14(11)20-2/h4-8,16H,19H2,1-3H3. The zero-order valence-electron chi connectivity index (χ0n) is 12.1. The Bertz CT molecular complexity index is 661. The predicted molar refractivity (Wildman–Crippen MR) is 89.5 cm³/mol. The van der Waals surface area contributed by atoms with Crippen molar-refractivity contribution >= 4 is 27.5 Å². The zero-order valence-corrected chi connectivity index (χ0v) is 14.5. The lowest BCUT2D eigenvalue weighted by atomic mass is 9.97. The maximum atomic E-state index is 6.38. The summed E-state index contributed by atoms with van der Waals surface area (Å²) in [6, 6.07) is 9.20. The molecule has 0 heterocycles. The fraction of sp³-hybridized carbons (Fsp3) is 0.250. The molecule has 0 radical (unpaired) electrons. The minimum Gasteiger partial charge on any atom is -0.496 e. The molecular formula is C16H17BrClNO2. The second-order valence-electron chi connectivity index (χ2n) is 4.71. The molecule has 0 aliphatic rings. The van der Waals surface area contributed by atoms with E-state index < -0.39 is 0 Å². The van der Waals surface area contributed by atoms with Gasteiger partial charge < -0.3 is 15.2 Å². The molecule has 2 N–H and O–H groups in total. The van der Waals surface area contributed by atoms with Crippen LogP contribution in [0.5, 0.6) is 11.5 Å². The second kappa shape index (κ2) is 6.69. The lowest BCUT2D eigenvalue weighted by Crippen LogP contribution is -2.13. The first-order valence-electron chi connectivity index (χ1n) is 6.41.